The molecule has 1 aliphatic heterocycles. The van der Waals surface area contributed by atoms with Crippen molar-refractivity contribution in [2.75, 3.05) is 6.54 Å². The molecule has 17 heavy (non-hydrogen) atoms. The lowest BCUT2D eigenvalue weighted by Crippen LogP contribution is -2.44. The summed E-state index contributed by atoms with van der Waals surface area (Å²) >= 11 is 0. The van der Waals surface area contributed by atoms with E-state index in [4.69, 9.17) is 0 Å². The van der Waals surface area contributed by atoms with E-state index in [2.05, 4.69) is 31.0 Å². The number of nitrogens with zero attached hydrogens (tertiary/aromatic N) is 1. The molecule has 2 atom stereocenters. The summed E-state index contributed by atoms with van der Waals surface area (Å²) in [6, 6.07) is 0. The molecule has 1 saturated heterocycles. The van der Waals surface area contributed by atoms with Crippen LogP contribution in [0.2, 0.25) is 0 Å². The maximum absolute atomic E-state index is 12.6. The maximum Gasteiger partial charge on any atom is 0.244 e. The second kappa shape index (κ2) is 4.97. The Kier molecular flexibility index (Phi) is 3.76. The minimum Gasteiger partial charge on any atom is -0.325 e. The Morgan fingerprint density at radius 2 is 2.06 bits per heavy atom. The second-order valence-corrected chi connectivity index (χ2v) is 5.83. The van der Waals surface area contributed by atoms with Gasteiger partial charge in [-0.05, 0) is 25.2 Å². The van der Waals surface area contributed by atoms with Gasteiger partial charge in [0.2, 0.25) is 5.91 Å². The summed E-state index contributed by atoms with van der Waals surface area (Å²) < 4.78 is 0. The molecule has 2 unspecified atom stereocenters. The predicted octanol–water partition coefficient (Wildman–Crippen LogP) is 2.51. The summed E-state index contributed by atoms with van der Waals surface area (Å²) in [7, 11) is 0. The standard InChI is InChI=1S/C14H26N2O/c1-4-11(3)10-16-12(5-2)15-14(13(16)17)8-6-7-9-14/h11-12,15H,4-10H2,1-3H3. The number of hydrogen-bond donors (Lipinski definition) is 1. The van der Waals surface area contributed by atoms with E-state index in [1.54, 1.807) is 0 Å². The van der Waals surface area contributed by atoms with Crippen LogP contribution in [0.4, 0.5) is 0 Å². The molecule has 0 aromatic heterocycles. The van der Waals surface area contributed by atoms with Crippen LogP contribution in [0.3, 0.4) is 0 Å². The summed E-state index contributed by atoms with van der Waals surface area (Å²) in [4.78, 5) is 14.7. The van der Waals surface area contributed by atoms with Crippen molar-refractivity contribution in [3.05, 3.63) is 0 Å². The first-order valence-corrected chi connectivity index (χ1v) is 7.21. The fourth-order valence-electron chi connectivity index (χ4n) is 3.21. The van der Waals surface area contributed by atoms with Gasteiger partial charge < -0.3 is 4.90 Å². The van der Waals surface area contributed by atoms with Crippen molar-refractivity contribution in [2.24, 2.45) is 5.92 Å². The maximum atomic E-state index is 12.6. The summed E-state index contributed by atoms with van der Waals surface area (Å²) in [5, 5.41) is 3.62. The van der Waals surface area contributed by atoms with Crippen LogP contribution >= 0.6 is 0 Å². The van der Waals surface area contributed by atoms with Crippen molar-refractivity contribution in [1.82, 2.24) is 10.2 Å². The third kappa shape index (κ3) is 2.22. The summed E-state index contributed by atoms with van der Waals surface area (Å²) in [5.74, 6) is 0.980. The zero-order chi connectivity index (χ0) is 12.5. The minimum atomic E-state index is -0.186. The van der Waals surface area contributed by atoms with E-state index in [1.165, 1.54) is 12.8 Å². The van der Waals surface area contributed by atoms with Crippen molar-refractivity contribution in [1.29, 1.82) is 0 Å². The van der Waals surface area contributed by atoms with E-state index in [0.717, 1.165) is 32.2 Å². The van der Waals surface area contributed by atoms with Gasteiger partial charge in [0, 0.05) is 6.54 Å². The molecule has 3 heteroatoms. The number of amides is 1. The first-order valence-electron chi connectivity index (χ1n) is 7.21. The molecule has 2 fully saturated rings. The van der Waals surface area contributed by atoms with E-state index in [0.29, 0.717) is 11.8 Å². The van der Waals surface area contributed by atoms with Crippen molar-refractivity contribution < 1.29 is 4.79 Å². The molecule has 98 valence electrons. The normalized spacial score (nSPS) is 29.2. The highest BCUT2D eigenvalue weighted by Crippen LogP contribution is 2.37. The zero-order valence-electron chi connectivity index (χ0n) is 11.5. The van der Waals surface area contributed by atoms with Crippen LogP contribution in [-0.4, -0.2) is 29.1 Å². The molecule has 1 amide bonds. The lowest BCUT2D eigenvalue weighted by Gasteiger charge is -2.26. The van der Waals surface area contributed by atoms with Crippen molar-refractivity contribution >= 4 is 5.91 Å². The van der Waals surface area contributed by atoms with Crippen LogP contribution < -0.4 is 5.32 Å². The molecule has 0 radical (unpaired) electrons. The highest BCUT2D eigenvalue weighted by molar-refractivity contribution is 5.89. The summed E-state index contributed by atoms with van der Waals surface area (Å²) in [6.45, 7) is 7.52. The average molecular weight is 238 g/mol. The first-order chi connectivity index (χ1) is 8.13. The molecular weight excluding hydrogens is 212 g/mol. The van der Waals surface area contributed by atoms with Gasteiger partial charge in [-0.3, -0.25) is 10.1 Å². The molecule has 1 saturated carbocycles. The van der Waals surface area contributed by atoms with Crippen LogP contribution in [0, 0.1) is 5.92 Å². The Balaban J connectivity index is 2.11. The van der Waals surface area contributed by atoms with Crippen molar-refractivity contribution in [3.8, 4) is 0 Å². The van der Waals surface area contributed by atoms with Crippen LogP contribution in [0.15, 0.2) is 0 Å². The van der Waals surface area contributed by atoms with Gasteiger partial charge in [-0.25, -0.2) is 0 Å². The third-order valence-electron chi connectivity index (χ3n) is 4.54. The Labute approximate surface area is 105 Å². The fourth-order valence-corrected chi connectivity index (χ4v) is 3.21. The molecule has 1 aliphatic carbocycles. The Bertz CT molecular complexity index is 284. The highest BCUT2D eigenvalue weighted by atomic mass is 16.2. The number of nitrogens with one attached hydrogen (secondary N) is 1. The van der Waals surface area contributed by atoms with E-state index >= 15 is 0 Å². The summed E-state index contributed by atoms with van der Waals surface area (Å²) in [6.07, 6.45) is 6.92. The van der Waals surface area contributed by atoms with Gasteiger partial charge in [0.1, 0.15) is 0 Å². The van der Waals surface area contributed by atoms with E-state index < -0.39 is 0 Å². The molecule has 0 bridgehead atoms. The average Bonchev–Trinajstić information content (AvgIpc) is 2.90. The molecule has 1 N–H and O–H groups in total. The lowest BCUT2D eigenvalue weighted by atomic mass is 9.97. The minimum absolute atomic E-state index is 0.186. The highest BCUT2D eigenvalue weighted by Gasteiger charge is 2.51. The van der Waals surface area contributed by atoms with E-state index in [-0.39, 0.29) is 11.7 Å². The van der Waals surface area contributed by atoms with Gasteiger partial charge in [-0.1, -0.05) is 40.0 Å². The smallest absolute Gasteiger partial charge is 0.244 e. The van der Waals surface area contributed by atoms with E-state index in [1.807, 2.05) is 0 Å². The monoisotopic (exact) mass is 238 g/mol. The van der Waals surface area contributed by atoms with Crippen LogP contribution in [0.1, 0.15) is 59.3 Å². The SMILES string of the molecule is CCC(C)CN1C(=O)C2(CCCC2)NC1CC. The van der Waals surface area contributed by atoms with Crippen LogP contribution in [-0.2, 0) is 4.79 Å². The van der Waals surface area contributed by atoms with Gasteiger partial charge in [-0.2, -0.15) is 0 Å². The molecule has 2 rings (SSSR count). The predicted molar refractivity (Wildman–Crippen MR) is 69.6 cm³/mol. The zero-order valence-corrected chi connectivity index (χ0v) is 11.5. The molecule has 1 heterocycles. The van der Waals surface area contributed by atoms with Gasteiger partial charge in [0.05, 0.1) is 11.7 Å². The number of hydrogen-bond acceptors (Lipinski definition) is 2. The van der Waals surface area contributed by atoms with Gasteiger partial charge in [-0.15, -0.1) is 0 Å². The molecule has 0 aromatic rings. The number of carbonyl (C=O) groups is 1. The lowest BCUT2D eigenvalue weighted by molar-refractivity contribution is -0.133. The second-order valence-electron chi connectivity index (χ2n) is 5.83. The Morgan fingerprint density at radius 1 is 1.41 bits per heavy atom. The molecule has 3 nitrogen and oxygen atoms in total. The van der Waals surface area contributed by atoms with Crippen molar-refractivity contribution in [3.63, 3.8) is 0 Å². The number of rotatable bonds is 4. The Hall–Kier alpha value is -0.570. The molecule has 1 spiro atoms. The fraction of sp³-hybridized carbons (Fsp3) is 0.929. The molecular formula is C14H26N2O. The van der Waals surface area contributed by atoms with Gasteiger partial charge in [0.15, 0.2) is 0 Å². The third-order valence-corrected chi connectivity index (χ3v) is 4.54. The molecule has 2 aliphatic rings. The van der Waals surface area contributed by atoms with Gasteiger partial charge in [0.25, 0.3) is 0 Å². The number of carbonyl (C=O) groups excluding carboxylic acids is 1. The van der Waals surface area contributed by atoms with Crippen molar-refractivity contribution in [2.45, 2.75) is 71.0 Å². The van der Waals surface area contributed by atoms with E-state index in [9.17, 15) is 4.79 Å². The largest absolute Gasteiger partial charge is 0.325 e. The summed E-state index contributed by atoms with van der Waals surface area (Å²) in [5.41, 5.74) is -0.186. The quantitative estimate of drug-likeness (QED) is 0.816. The van der Waals surface area contributed by atoms with Crippen LogP contribution in [0.5, 0.6) is 0 Å². The Morgan fingerprint density at radius 3 is 2.59 bits per heavy atom. The first kappa shape index (κ1) is 12.9. The van der Waals surface area contributed by atoms with Crippen LogP contribution in [0.25, 0.3) is 0 Å². The van der Waals surface area contributed by atoms with Gasteiger partial charge >= 0.3 is 0 Å². The molecule has 0 aromatic carbocycles. The topological polar surface area (TPSA) is 32.3 Å².